The summed E-state index contributed by atoms with van der Waals surface area (Å²) in [6.07, 6.45) is -9.82. The Balaban J connectivity index is 1.70. The van der Waals surface area contributed by atoms with Gasteiger partial charge >= 0.3 is 18.3 Å². The molecule has 0 bridgehead atoms. The number of amides is 1. The van der Waals surface area contributed by atoms with Crippen LogP contribution in [0.1, 0.15) is 46.8 Å². The van der Waals surface area contributed by atoms with Crippen LogP contribution in [0.4, 0.5) is 32.0 Å². The van der Waals surface area contributed by atoms with Gasteiger partial charge in [-0.1, -0.05) is 30.7 Å². The summed E-state index contributed by atoms with van der Waals surface area (Å²) in [5.41, 5.74) is -6.86. The van der Waals surface area contributed by atoms with E-state index < -0.39 is 58.3 Å². The summed E-state index contributed by atoms with van der Waals surface area (Å²) in [6.45, 7) is 2.56. The van der Waals surface area contributed by atoms with Crippen molar-refractivity contribution in [3.63, 3.8) is 0 Å². The number of benzene rings is 2. The minimum absolute atomic E-state index is 0.0515. The standard InChI is InChI=1S/C27H21ClF6N2O6/c1-3-36-20-8-14(4-7-21(20)41-12-23(36)37)25(40,27(32,33)34)13(2)16-6-5-15(9-19(16)28)42-22-10-18(26(29,30)31)17(11-35-22)24(38)39/h4-11,13,40H,3,12H2,1-2H3,(H,38,39). The fourth-order valence-electron chi connectivity index (χ4n) is 4.61. The normalized spacial score (nSPS) is 15.9. The van der Waals surface area contributed by atoms with Crippen LogP contribution in [-0.4, -0.2) is 46.4 Å². The van der Waals surface area contributed by atoms with Crippen LogP contribution in [0.15, 0.2) is 48.7 Å². The number of carboxylic acids is 1. The van der Waals surface area contributed by atoms with Crippen LogP contribution in [0.2, 0.25) is 5.02 Å². The Kier molecular flexibility index (Phi) is 8.08. The predicted molar refractivity (Wildman–Crippen MR) is 136 cm³/mol. The lowest BCUT2D eigenvalue weighted by molar-refractivity contribution is -0.274. The number of carboxylic acid groups (broad SMARTS) is 1. The first kappa shape index (κ1) is 30.9. The van der Waals surface area contributed by atoms with Gasteiger partial charge in [-0.2, -0.15) is 26.3 Å². The second-order valence-electron chi connectivity index (χ2n) is 9.25. The summed E-state index contributed by atoms with van der Waals surface area (Å²) in [4.78, 5) is 28.1. The highest BCUT2D eigenvalue weighted by Gasteiger charge is 2.59. The largest absolute Gasteiger partial charge is 0.482 e. The molecule has 2 N–H and O–H groups in total. The van der Waals surface area contributed by atoms with E-state index in [9.17, 15) is 41.0 Å². The molecular weight excluding hydrogens is 598 g/mol. The maximum absolute atomic E-state index is 14.6. The zero-order valence-corrected chi connectivity index (χ0v) is 22.4. The monoisotopic (exact) mass is 618 g/mol. The second-order valence-corrected chi connectivity index (χ2v) is 9.66. The average Bonchev–Trinajstić information content (AvgIpc) is 2.90. The van der Waals surface area contributed by atoms with E-state index in [1.807, 2.05) is 0 Å². The first-order valence-corrected chi connectivity index (χ1v) is 12.5. The minimum atomic E-state index is -5.24. The van der Waals surface area contributed by atoms with Crippen molar-refractivity contribution in [2.24, 2.45) is 0 Å². The van der Waals surface area contributed by atoms with Crippen molar-refractivity contribution in [1.29, 1.82) is 0 Å². The number of nitrogens with zero attached hydrogens (tertiary/aromatic N) is 2. The van der Waals surface area contributed by atoms with Crippen LogP contribution in [-0.2, 0) is 16.6 Å². The molecule has 2 unspecified atom stereocenters. The number of hydrogen-bond donors (Lipinski definition) is 2. The molecule has 0 saturated heterocycles. The van der Waals surface area contributed by atoms with Crippen LogP contribution in [0, 0.1) is 0 Å². The molecule has 2 atom stereocenters. The van der Waals surface area contributed by atoms with E-state index >= 15 is 0 Å². The van der Waals surface area contributed by atoms with Gasteiger partial charge < -0.3 is 24.6 Å². The number of carbonyl (C=O) groups is 2. The van der Waals surface area contributed by atoms with E-state index in [1.54, 1.807) is 6.92 Å². The van der Waals surface area contributed by atoms with E-state index in [4.69, 9.17) is 26.2 Å². The summed E-state index contributed by atoms with van der Waals surface area (Å²) in [5, 5.41) is 19.9. The van der Waals surface area contributed by atoms with Crippen LogP contribution in [0.5, 0.6) is 17.4 Å². The van der Waals surface area contributed by atoms with Crippen molar-refractivity contribution in [3.8, 4) is 17.4 Å². The zero-order chi connectivity index (χ0) is 31.2. The summed E-state index contributed by atoms with van der Waals surface area (Å²) in [7, 11) is 0. The van der Waals surface area contributed by atoms with E-state index in [2.05, 4.69) is 4.98 Å². The van der Waals surface area contributed by atoms with Crippen molar-refractivity contribution in [2.75, 3.05) is 18.1 Å². The number of alkyl halides is 6. The number of anilines is 1. The Morgan fingerprint density at radius 2 is 1.83 bits per heavy atom. The van der Waals surface area contributed by atoms with E-state index in [0.29, 0.717) is 12.3 Å². The summed E-state index contributed by atoms with van der Waals surface area (Å²) < 4.78 is 94.3. The number of aliphatic hydroxyl groups is 1. The Hall–Kier alpha value is -4.04. The third-order valence-electron chi connectivity index (χ3n) is 6.79. The Morgan fingerprint density at radius 1 is 1.14 bits per heavy atom. The molecule has 42 heavy (non-hydrogen) atoms. The molecule has 2 aromatic carbocycles. The van der Waals surface area contributed by atoms with Gasteiger partial charge in [-0.25, -0.2) is 9.78 Å². The molecule has 8 nitrogen and oxygen atoms in total. The number of halogens is 7. The fourth-order valence-corrected chi connectivity index (χ4v) is 4.94. The lowest BCUT2D eigenvalue weighted by Gasteiger charge is -2.38. The van der Waals surface area contributed by atoms with E-state index in [-0.39, 0.29) is 40.9 Å². The van der Waals surface area contributed by atoms with Crippen molar-refractivity contribution in [2.45, 2.75) is 37.7 Å². The first-order chi connectivity index (χ1) is 19.5. The molecule has 1 aliphatic heterocycles. The lowest BCUT2D eigenvalue weighted by atomic mass is 9.77. The van der Waals surface area contributed by atoms with Gasteiger partial charge in [0.05, 0.1) is 16.8 Å². The molecule has 3 aromatic rings. The summed E-state index contributed by atoms with van der Waals surface area (Å²) >= 11 is 6.28. The fraction of sp³-hybridized carbons (Fsp3) is 0.296. The zero-order valence-electron chi connectivity index (χ0n) is 21.7. The Bertz CT molecular complexity index is 1550. The molecule has 0 radical (unpaired) electrons. The second kappa shape index (κ2) is 11.0. The molecule has 224 valence electrons. The van der Waals surface area contributed by atoms with Gasteiger partial charge in [-0.3, -0.25) is 4.79 Å². The number of ether oxygens (including phenoxy) is 2. The third-order valence-corrected chi connectivity index (χ3v) is 7.12. The van der Waals surface area contributed by atoms with Gasteiger partial charge in [-0.05, 0) is 42.3 Å². The number of aromatic nitrogens is 1. The van der Waals surface area contributed by atoms with Crippen molar-refractivity contribution < 1.29 is 55.6 Å². The van der Waals surface area contributed by atoms with Gasteiger partial charge in [0.2, 0.25) is 5.88 Å². The highest BCUT2D eigenvalue weighted by Crippen LogP contribution is 2.51. The molecule has 0 aliphatic carbocycles. The predicted octanol–water partition coefficient (Wildman–Crippen LogP) is 6.54. The average molecular weight is 619 g/mol. The smallest absolute Gasteiger partial charge is 0.422 e. The van der Waals surface area contributed by atoms with E-state index in [1.165, 1.54) is 11.0 Å². The number of pyridine rings is 1. The highest BCUT2D eigenvalue weighted by atomic mass is 35.5. The molecule has 0 saturated carbocycles. The lowest BCUT2D eigenvalue weighted by Crippen LogP contribution is -2.47. The number of rotatable bonds is 7. The molecule has 1 amide bonds. The Morgan fingerprint density at radius 3 is 2.40 bits per heavy atom. The van der Waals surface area contributed by atoms with Gasteiger partial charge in [0, 0.05) is 29.7 Å². The van der Waals surface area contributed by atoms with Crippen molar-refractivity contribution in [3.05, 3.63) is 75.9 Å². The molecule has 1 aromatic heterocycles. The molecule has 0 spiro atoms. The molecule has 1 aliphatic rings. The number of hydrogen-bond acceptors (Lipinski definition) is 6. The van der Waals surface area contributed by atoms with Gasteiger partial charge in [-0.15, -0.1) is 0 Å². The SMILES string of the molecule is CCN1C(=O)COc2ccc(C(O)(C(C)c3ccc(Oc4cc(C(F)(F)F)c(C(=O)O)cn4)cc3Cl)C(F)(F)F)cc21. The van der Waals surface area contributed by atoms with E-state index in [0.717, 1.165) is 37.3 Å². The third kappa shape index (κ3) is 5.55. The van der Waals surface area contributed by atoms with Gasteiger partial charge in [0.1, 0.15) is 11.5 Å². The van der Waals surface area contributed by atoms with Crippen molar-refractivity contribution in [1.82, 2.24) is 4.98 Å². The minimum Gasteiger partial charge on any atom is -0.482 e. The van der Waals surface area contributed by atoms with Gasteiger partial charge in [0.25, 0.3) is 5.91 Å². The van der Waals surface area contributed by atoms with Crippen LogP contribution < -0.4 is 14.4 Å². The topological polar surface area (TPSA) is 109 Å². The van der Waals surface area contributed by atoms with Gasteiger partial charge in [0.15, 0.2) is 12.2 Å². The van der Waals surface area contributed by atoms with Crippen LogP contribution in [0.3, 0.4) is 0 Å². The number of likely N-dealkylation sites (N-methyl/N-ethyl adjacent to an activating group) is 1. The quantitative estimate of drug-likeness (QED) is 0.289. The van der Waals surface area contributed by atoms with Crippen LogP contribution in [0.25, 0.3) is 0 Å². The summed E-state index contributed by atoms with van der Waals surface area (Å²) in [5.74, 6) is -4.78. The molecule has 2 heterocycles. The summed E-state index contributed by atoms with van der Waals surface area (Å²) in [6, 6.07) is 6.85. The molecule has 4 rings (SSSR count). The molecule has 15 heteroatoms. The number of carbonyl (C=O) groups excluding carboxylic acids is 1. The number of fused-ring (bicyclic) bond motifs is 1. The molecule has 0 fully saturated rings. The first-order valence-electron chi connectivity index (χ1n) is 12.1. The maximum Gasteiger partial charge on any atom is 0.422 e. The molecular formula is C27H21ClF6N2O6. The Labute approximate surface area is 239 Å². The van der Waals surface area contributed by atoms with Crippen LogP contribution >= 0.6 is 11.6 Å². The van der Waals surface area contributed by atoms with Crippen molar-refractivity contribution >= 4 is 29.2 Å². The highest BCUT2D eigenvalue weighted by molar-refractivity contribution is 6.31. The number of aromatic carboxylic acids is 1. The maximum atomic E-state index is 14.6.